The number of likely N-dealkylation sites (tertiary alicyclic amines) is 1. The first kappa shape index (κ1) is 24.7. The van der Waals surface area contributed by atoms with E-state index in [4.69, 9.17) is 0 Å². The van der Waals surface area contributed by atoms with Gasteiger partial charge in [-0.2, -0.15) is 5.26 Å². The van der Waals surface area contributed by atoms with E-state index in [1.807, 2.05) is 61.6 Å². The summed E-state index contributed by atoms with van der Waals surface area (Å²) in [5, 5.41) is 13.7. The smallest absolute Gasteiger partial charge is 0.145 e. The molecule has 5 heteroatoms. The molecular weight excluding hydrogens is 432 g/mol. The molecule has 0 unspecified atom stereocenters. The molecular formula is C30H34N4O. The fraction of sp³-hybridized carbons (Fsp3) is 0.333. The van der Waals surface area contributed by atoms with E-state index < -0.39 is 11.0 Å². The molecule has 4 rings (SSSR count). The van der Waals surface area contributed by atoms with Gasteiger partial charge in [0.25, 0.3) is 0 Å². The standard InChI is InChI=1S/C30H34N4O/c1-32-25-34(28-15-9-4-10-16-28)29(24-35)17-20-33(21-18-29)22-19-30(23-31,26-11-5-2-6-12-26)27-13-7-3-8-14-27/h2-16,24,32H,17-22,25H2,1H3. The fourth-order valence-electron chi connectivity index (χ4n) is 5.30. The quantitative estimate of drug-likeness (QED) is 0.349. The summed E-state index contributed by atoms with van der Waals surface area (Å²) in [5.41, 5.74) is 1.86. The Labute approximate surface area is 209 Å². The van der Waals surface area contributed by atoms with Crippen molar-refractivity contribution in [3.63, 3.8) is 0 Å². The van der Waals surface area contributed by atoms with Crippen LogP contribution in [0.2, 0.25) is 0 Å². The van der Waals surface area contributed by atoms with Gasteiger partial charge in [-0.1, -0.05) is 78.9 Å². The minimum absolute atomic E-state index is 0.536. The van der Waals surface area contributed by atoms with Gasteiger partial charge in [0.1, 0.15) is 11.7 Å². The van der Waals surface area contributed by atoms with E-state index in [1.165, 1.54) is 0 Å². The predicted molar refractivity (Wildman–Crippen MR) is 141 cm³/mol. The molecule has 180 valence electrons. The van der Waals surface area contributed by atoms with Crippen LogP contribution in [0.1, 0.15) is 30.4 Å². The van der Waals surface area contributed by atoms with E-state index in [0.29, 0.717) is 13.1 Å². The van der Waals surface area contributed by atoms with E-state index in [1.54, 1.807) is 0 Å². The number of anilines is 1. The number of rotatable bonds is 10. The van der Waals surface area contributed by atoms with E-state index in [0.717, 1.165) is 55.6 Å². The number of nitriles is 1. The van der Waals surface area contributed by atoms with Gasteiger partial charge in [-0.3, -0.25) is 0 Å². The van der Waals surface area contributed by atoms with Crippen molar-refractivity contribution < 1.29 is 4.79 Å². The fourth-order valence-corrected chi connectivity index (χ4v) is 5.30. The van der Waals surface area contributed by atoms with Crippen molar-refractivity contribution in [3.8, 4) is 6.07 Å². The third kappa shape index (κ3) is 5.14. The van der Waals surface area contributed by atoms with E-state index in [2.05, 4.69) is 57.6 Å². The van der Waals surface area contributed by atoms with Crippen LogP contribution in [0.5, 0.6) is 0 Å². The van der Waals surface area contributed by atoms with E-state index in [9.17, 15) is 10.1 Å². The highest BCUT2D eigenvalue weighted by molar-refractivity contribution is 5.72. The summed E-state index contributed by atoms with van der Waals surface area (Å²) in [5.74, 6) is 0. The van der Waals surface area contributed by atoms with Crippen LogP contribution >= 0.6 is 0 Å². The van der Waals surface area contributed by atoms with Crippen LogP contribution in [0, 0.1) is 11.3 Å². The van der Waals surface area contributed by atoms with Crippen LogP contribution in [0.4, 0.5) is 5.69 Å². The lowest BCUT2D eigenvalue weighted by Crippen LogP contribution is -2.59. The van der Waals surface area contributed by atoms with Crippen LogP contribution in [0.15, 0.2) is 91.0 Å². The molecule has 1 aliphatic heterocycles. The predicted octanol–water partition coefficient (Wildman–Crippen LogP) is 4.60. The van der Waals surface area contributed by atoms with Crippen molar-refractivity contribution in [3.05, 3.63) is 102 Å². The molecule has 3 aromatic carbocycles. The molecule has 1 fully saturated rings. The highest BCUT2D eigenvalue weighted by Crippen LogP contribution is 2.37. The summed E-state index contributed by atoms with van der Waals surface area (Å²) in [7, 11) is 1.91. The number of para-hydroxylation sites is 1. The highest BCUT2D eigenvalue weighted by Gasteiger charge is 2.41. The summed E-state index contributed by atoms with van der Waals surface area (Å²) in [6.45, 7) is 3.04. The van der Waals surface area contributed by atoms with Crippen molar-refractivity contribution in [1.82, 2.24) is 10.2 Å². The second kappa shape index (κ2) is 11.3. The average molecular weight is 467 g/mol. The van der Waals surface area contributed by atoms with Crippen molar-refractivity contribution in [2.24, 2.45) is 0 Å². The third-order valence-electron chi connectivity index (χ3n) is 7.39. The Morgan fingerprint density at radius 1 is 0.943 bits per heavy atom. The molecule has 0 amide bonds. The number of nitrogens with zero attached hydrogens (tertiary/aromatic N) is 3. The monoisotopic (exact) mass is 466 g/mol. The zero-order valence-electron chi connectivity index (χ0n) is 20.4. The van der Waals surface area contributed by atoms with E-state index in [-0.39, 0.29) is 0 Å². The maximum Gasteiger partial charge on any atom is 0.145 e. The molecule has 0 saturated carbocycles. The lowest BCUT2D eigenvalue weighted by Gasteiger charge is -2.47. The lowest BCUT2D eigenvalue weighted by atomic mass is 9.73. The Bertz CT molecular complexity index is 1060. The van der Waals surface area contributed by atoms with E-state index >= 15 is 0 Å². The highest BCUT2D eigenvalue weighted by atomic mass is 16.1. The van der Waals surface area contributed by atoms with Crippen LogP contribution in [0.3, 0.4) is 0 Å². The zero-order valence-corrected chi connectivity index (χ0v) is 20.4. The van der Waals surface area contributed by atoms with Gasteiger partial charge in [-0.25, -0.2) is 0 Å². The van der Waals surface area contributed by atoms with Gasteiger partial charge < -0.3 is 19.9 Å². The number of carbonyl (C=O) groups excluding carboxylic acids is 1. The number of carbonyl (C=O) groups is 1. The molecule has 5 nitrogen and oxygen atoms in total. The van der Waals surface area contributed by atoms with Gasteiger partial charge in [0.05, 0.1) is 18.3 Å². The first-order valence-electron chi connectivity index (χ1n) is 12.4. The summed E-state index contributed by atoms with van der Waals surface area (Å²) in [4.78, 5) is 17.1. The molecule has 1 N–H and O–H groups in total. The third-order valence-corrected chi connectivity index (χ3v) is 7.39. The van der Waals surface area contributed by atoms with Gasteiger partial charge in [-0.05, 0) is 49.6 Å². The second-order valence-corrected chi connectivity index (χ2v) is 9.34. The van der Waals surface area contributed by atoms with Crippen LogP contribution < -0.4 is 10.2 Å². The Balaban J connectivity index is 1.51. The Morgan fingerprint density at radius 2 is 1.46 bits per heavy atom. The first-order chi connectivity index (χ1) is 17.2. The first-order valence-corrected chi connectivity index (χ1v) is 12.4. The summed E-state index contributed by atoms with van der Waals surface area (Å²) >= 11 is 0. The lowest BCUT2D eigenvalue weighted by molar-refractivity contribution is -0.114. The maximum atomic E-state index is 12.5. The van der Waals surface area contributed by atoms with Crippen LogP contribution in [-0.2, 0) is 10.2 Å². The minimum Gasteiger partial charge on any atom is -0.346 e. The van der Waals surface area contributed by atoms with Gasteiger partial charge in [0, 0.05) is 25.3 Å². The molecule has 1 heterocycles. The molecule has 0 radical (unpaired) electrons. The van der Waals surface area contributed by atoms with Gasteiger partial charge in [0.15, 0.2) is 0 Å². The van der Waals surface area contributed by atoms with Gasteiger partial charge in [0.2, 0.25) is 0 Å². The average Bonchev–Trinajstić information content (AvgIpc) is 2.94. The van der Waals surface area contributed by atoms with Crippen LogP contribution in [0.25, 0.3) is 0 Å². The summed E-state index contributed by atoms with van der Waals surface area (Å²) < 4.78 is 0. The molecule has 1 saturated heterocycles. The number of benzene rings is 3. The molecule has 0 spiro atoms. The Hall–Kier alpha value is -3.46. The number of nitrogens with one attached hydrogen (secondary N) is 1. The largest absolute Gasteiger partial charge is 0.346 e. The van der Waals surface area contributed by atoms with Crippen molar-refractivity contribution in [2.45, 2.75) is 30.2 Å². The zero-order chi connectivity index (χ0) is 24.6. The SMILES string of the molecule is CNCN(c1ccccc1)C1(C=O)CCN(CCC(C#N)(c2ccccc2)c2ccccc2)CC1. The molecule has 1 aliphatic rings. The topological polar surface area (TPSA) is 59.4 Å². The maximum absolute atomic E-state index is 12.5. The van der Waals surface area contributed by atoms with Crippen molar-refractivity contribution in [2.75, 3.05) is 38.3 Å². The minimum atomic E-state index is -0.704. The second-order valence-electron chi connectivity index (χ2n) is 9.34. The normalized spacial score (nSPS) is 15.8. The molecule has 3 aromatic rings. The molecule has 0 bridgehead atoms. The van der Waals surface area contributed by atoms with Gasteiger partial charge in [-0.15, -0.1) is 0 Å². The number of hydrogen-bond donors (Lipinski definition) is 1. The molecule has 0 aliphatic carbocycles. The summed E-state index contributed by atoms with van der Waals surface area (Å²) in [6, 6.07) is 33.0. The number of aldehydes is 1. The van der Waals surface area contributed by atoms with Gasteiger partial charge >= 0.3 is 0 Å². The summed E-state index contributed by atoms with van der Waals surface area (Å²) in [6.07, 6.45) is 3.35. The Kier molecular flexibility index (Phi) is 7.97. The number of piperidine rings is 1. The molecule has 0 aromatic heterocycles. The van der Waals surface area contributed by atoms with Crippen molar-refractivity contribution >= 4 is 12.0 Å². The number of hydrogen-bond acceptors (Lipinski definition) is 5. The Morgan fingerprint density at radius 3 is 1.91 bits per heavy atom. The molecule has 0 atom stereocenters. The molecule has 35 heavy (non-hydrogen) atoms. The van der Waals surface area contributed by atoms with Crippen molar-refractivity contribution in [1.29, 1.82) is 5.26 Å². The van der Waals surface area contributed by atoms with Crippen LogP contribution in [-0.4, -0.2) is 50.1 Å².